The summed E-state index contributed by atoms with van der Waals surface area (Å²) in [6.07, 6.45) is 0.916. The molecule has 90 valence electrons. The van der Waals surface area contributed by atoms with Gasteiger partial charge in [-0.1, -0.05) is 6.92 Å². The summed E-state index contributed by atoms with van der Waals surface area (Å²) in [5.74, 6) is 1.65. The van der Waals surface area contributed by atoms with Crippen LogP contribution >= 0.6 is 0 Å². The molecule has 2 rings (SSSR count). The van der Waals surface area contributed by atoms with Gasteiger partial charge in [-0.3, -0.25) is 0 Å². The molecule has 6 nitrogen and oxygen atoms in total. The first-order valence-electron chi connectivity index (χ1n) is 5.68. The van der Waals surface area contributed by atoms with Crippen molar-refractivity contribution >= 4 is 0 Å². The minimum atomic E-state index is -0.104. The van der Waals surface area contributed by atoms with E-state index in [0.717, 1.165) is 24.6 Å². The van der Waals surface area contributed by atoms with Gasteiger partial charge in [0.2, 0.25) is 0 Å². The van der Waals surface area contributed by atoms with Gasteiger partial charge in [0.25, 0.3) is 0 Å². The zero-order chi connectivity index (χ0) is 11.4. The second kappa shape index (κ2) is 5.38. The normalized spacial score (nSPS) is 21.2. The molecule has 1 fully saturated rings. The van der Waals surface area contributed by atoms with Crippen molar-refractivity contribution in [2.24, 2.45) is 5.73 Å². The number of hydrogen-bond donors (Lipinski definition) is 1. The molecule has 2 heterocycles. The average molecular weight is 226 g/mol. The Morgan fingerprint density at radius 2 is 2.31 bits per heavy atom. The standard InChI is InChI=1S/C10H18N4O2/c1-2-3-14-9(6-11)12-13-10(14)8-7-15-4-5-16-8/h8H,2-7,11H2,1H3. The molecule has 1 aromatic rings. The lowest BCUT2D eigenvalue weighted by atomic mass is 10.3. The van der Waals surface area contributed by atoms with Crippen molar-refractivity contribution in [1.29, 1.82) is 0 Å². The molecule has 1 aromatic heterocycles. The van der Waals surface area contributed by atoms with E-state index in [0.29, 0.717) is 26.4 Å². The van der Waals surface area contributed by atoms with E-state index in [1.54, 1.807) is 0 Å². The number of aromatic nitrogens is 3. The maximum absolute atomic E-state index is 5.63. The number of nitrogens with two attached hydrogens (primary N) is 1. The second-order valence-corrected chi connectivity index (χ2v) is 3.76. The second-order valence-electron chi connectivity index (χ2n) is 3.76. The van der Waals surface area contributed by atoms with Gasteiger partial charge in [-0.15, -0.1) is 10.2 Å². The van der Waals surface area contributed by atoms with Crippen LogP contribution in [-0.2, 0) is 22.6 Å². The number of hydrogen-bond acceptors (Lipinski definition) is 5. The zero-order valence-electron chi connectivity index (χ0n) is 9.56. The summed E-state index contributed by atoms with van der Waals surface area (Å²) in [5.41, 5.74) is 5.63. The van der Waals surface area contributed by atoms with E-state index in [1.807, 2.05) is 4.57 Å². The van der Waals surface area contributed by atoms with Crippen LogP contribution in [0.3, 0.4) is 0 Å². The summed E-state index contributed by atoms with van der Waals surface area (Å²) in [5, 5.41) is 8.24. The van der Waals surface area contributed by atoms with Gasteiger partial charge < -0.3 is 19.8 Å². The SMILES string of the molecule is CCCn1c(CN)nnc1C1COCCO1. The van der Waals surface area contributed by atoms with Gasteiger partial charge in [0.15, 0.2) is 5.82 Å². The molecule has 1 atom stereocenters. The molecular formula is C10H18N4O2. The third-order valence-electron chi connectivity index (χ3n) is 2.59. The van der Waals surface area contributed by atoms with E-state index in [1.165, 1.54) is 0 Å². The first kappa shape index (κ1) is 11.5. The summed E-state index contributed by atoms with van der Waals surface area (Å²) in [7, 11) is 0. The molecule has 1 aliphatic heterocycles. The predicted molar refractivity (Wildman–Crippen MR) is 57.7 cm³/mol. The van der Waals surface area contributed by atoms with Crippen LogP contribution in [0.15, 0.2) is 0 Å². The maximum atomic E-state index is 5.63. The number of rotatable bonds is 4. The Bertz CT molecular complexity index is 334. The molecule has 0 aliphatic carbocycles. The van der Waals surface area contributed by atoms with Crippen LogP contribution < -0.4 is 5.73 Å². The Balaban J connectivity index is 2.20. The van der Waals surface area contributed by atoms with Gasteiger partial charge >= 0.3 is 0 Å². The van der Waals surface area contributed by atoms with Crippen LogP contribution in [0.5, 0.6) is 0 Å². The molecule has 0 amide bonds. The summed E-state index contributed by atoms with van der Waals surface area (Å²) >= 11 is 0. The smallest absolute Gasteiger partial charge is 0.164 e. The van der Waals surface area contributed by atoms with Gasteiger partial charge in [0.05, 0.1) is 26.4 Å². The van der Waals surface area contributed by atoms with E-state index >= 15 is 0 Å². The third kappa shape index (κ3) is 2.23. The highest BCUT2D eigenvalue weighted by atomic mass is 16.6. The van der Waals surface area contributed by atoms with E-state index in [2.05, 4.69) is 17.1 Å². The lowest BCUT2D eigenvalue weighted by Crippen LogP contribution is -2.25. The Kier molecular flexibility index (Phi) is 3.87. The molecule has 2 N–H and O–H groups in total. The van der Waals surface area contributed by atoms with Crippen LogP contribution in [0.25, 0.3) is 0 Å². The van der Waals surface area contributed by atoms with Gasteiger partial charge in [-0.05, 0) is 6.42 Å². The summed E-state index contributed by atoms with van der Waals surface area (Å²) < 4.78 is 13.0. The van der Waals surface area contributed by atoms with Crippen molar-refractivity contribution in [2.45, 2.75) is 32.5 Å². The summed E-state index contributed by atoms with van der Waals surface area (Å²) in [6.45, 7) is 5.20. The van der Waals surface area contributed by atoms with Gasteiger partial charge in [-0.2, -0.15) is 0 Å². The van der Waals surface area contributed by atoms with Crippen LogP contribution in [-0.4, -0.2) is 34.6 Å². The fourth-order valence-electron chi connectivity index (χ4n) is 1.84. The van der Waals surface area contributed by atoms with Gasteiger partial charge in [-0.25, -0.2) is 0 Å². The van der Waals surface area contributed by atoms with Gasteiger partial charge in [0, 0.05) is 6.54 Å². The molecule has 1 unspecified atom stereocenters. The molecule has 6 heteroatoms. The van der Waals surface area contributed by atoms with Crippen LogP contribution in [0.4, 0.5) is 0 Å². The highest BCUT2D eigenvalue weighted by molar-refractivity contribution is 5.00. The lowest BCUT2D eigenvalue weighted by molar-refractivity contribution is -0.0948. The third-order valence-corrected chi connectivity index (χ3v) is 2.59. The van der Waals surface area contributed by atoms with Crippen molar-refractivity contribution in [3.05, 3.63) is 11.6 Å². The average Bonchev–Trinajstić information content (AvgIpc) is 2.74. The molecule has 16 heavy (non-hydrogen) atoms. The molecule has 0 aromatic carbocycles. The number of ether oxygens (including phenoxy) is 2. The van der Waals surface area contributed by atoms with Crippen LogP contribution in [0.1, 0.15) is 31.1 Å². The highest BCUT2D eigenvalue weighted by Gasteiger charge is 2.23. The number of nitrogens with zero attached hydrogens (tertiary/aromatic N) is 3. The van der Waals surface area contributed by atoms with Crippen LogP contribution in [0.2, 0.25) is 0 Å². The van der Waals surface area contributed by atoms with Crippen molar-refractivity contribution in [1.82, 2.24) is 14.8 Å². The Morgan fingerprint density at radius 1 is 1.44 bits per heavy atom. The summed E-state index contributed by atoms with van der Waals surface area (Å²) in [4.78, 5) is 0. The summed E-state index contributed by atoms with van der Waals surface area (Å²) in [6, 6.07) is 0. The van der Waals surface area contributed by atoms with E-state index in [-0.39, 0.29) is 6.10 Å². The molecule has 1 saturated heterocycles. The quantitative estimate of drug-likeness (QED) is 0.795. The molecule has 0 radical (unpaired) electrons. The molecule has 0 bridgehead atoms. The molecule has 0 spiro atoms. The fraction of sp³-hybridized carbons (Fsp3) is 0.800. The van der Waals surface area contributed by atoms with Crippen molar-refractivity contribution in [3.63, 3.8) is 0 Å². The van der Waals surface area contributed by atoms with Gasteiger partial charge in [0.1, 0.15) is 11.9 Å². The first-order chi connectivity index (χ1) is 7.86. The fourth-order valence-corrected chi connectivity index (χ4v) is 1.84. The Labute approximate surface area is 94.7 Å². The zero-order valence-corrected chi connectivity index (χ0v) is 9.56. The minimum absolute atomic E-state index is 0.104. The van der Waals surface area contributed by atoms with Crippen molar-refractivity contribution in [2.75, 3.05) is 19.8 Å². The topological polar surface area (TPSA) is 75.2 Å². The molecular weight excluding hydrogens is 208 g/mol. The van der Waals surface area contributed by atoms with E-state index in [9.17, 15) is 0 Å². The predicted octanol–water partition coefficient (Wildman–Crippen LogP) is 0.235. The molecule has 0 saturated carbocycles. The monoisotopic (exact) mass is 226 g/mol. The Hall–Kier alpha value is -0.980. The van der Waals surface area contributed by atoms with E-state index in [4.69, 9.17) is 15.2 Å². The minimum Gasteiger partial charge on any atom is -0.376 e. The first-order valence-corrected chi connectivity index (χ1v) is 5.68. The van der Waals surface area contributed by atoms with Crippen LogP contribution in [0, 0.1) is 0 Å². The largest absolute Gasteiger partial charge is 0.376 e. The van der Waals surface area contributed by atoms with Crippen molar-refractivity contribution in [3.8, 4) is 0 Å². The Morgan fingerprint density at radius 3 is 2.94 bits per heavy atom. The lowest BCUT2D eigenvalue weighted by Gasteiger charge is -2.22. The van der Waals surface area contributed by atoms with Crippen molar-refractivity contribution < 1.29 is 9.47 Å². The molecule has 1 aliphatic rings. The van der Waals surface area contributed by atoms with E-state index < -0.39 is 0 Å². The highest BCUT2D eigenvalue weighted by Crippen LogP contribution is 2.20. The maximum Gasteiger partial charge on any atom is 0.164 e.